The summed E-state index contributed by atoms with van der Waals surface area (Å²) in [5.74, 6) is -0.115. The molecule has 4 aromatic rings. The molecule has 0 bridgehead atoms. The molecule has 2 aromatic heterocycles. The Morgan fingerprint density at radius 2 is 1.45 bits per heavy atom. The molecule has 9 heteroatoms. The van der Waals surface area contributed by atoms with Crippen molar-refractivity contribution in [2.24, 2.45) is 0 Å². The molecule has 0 spiro atoms. The van der Waals surface area contributed by atoms with E-state index in [9.17, 15) is 9.59 Å². The third-order valence-corrected chi connectivity index (χ3v) is 4.16. The molecule has 0 aliphatic heterocycles. The first-order chi connectivity index (χ1) is 14.1. The third-order valence-electron chi connectivity index (χ3n) is 4.16. The van der Waals surface area contributed by atoms with Gasteiger partial charge in [0.25, 0.3) is 5.91 Å². The molecule has 0 aliphatic rings. The van der Waals surface area contributed by atoms with Gasteiger partial charge in [0.2, 0.25) is 0 Å². The fourth-order valence-corrected chi connectivity index (χ4v) is 2.81. The van der Waals surface area contributed by atoms with E-state index in [4.69, 9.17) is 5.73 Å². The normalized spacial score (nSPS) is 10.5. The molecule has 2 aromatic carbocycles. The van der Waals surface area contributed by atoms with Crippen LogP contribution in [0.4, 0.5) is 27.7 Å². The number of nitrogen functional groups attached to an aromatic ring is 1. The number of nitrogens with zero attached hydrogens (tertiary/aromatic N) is 3. The molecule has 144 valence electrons. The number of aromatic nitrogens is 3. The molecule has 2 heterocycles. The van der Waals surface area contributed by atoms with E-state index in [1.807, 2.05) is 18.2 Å². The van der Waals surface area contributed by atoms with Crippen LogP contribution in [-0.2, 0) is 0 Å². The van der Waals surface area contributed by atoms with E-state index in [0.29, 0.717) is 28.1 Å². The Morgan fingerprint density at radius 3 is 2.14 bits per heavy atom. The lowest BCUT2D eigenvalue weighted by Crippen LogP contribution is -2.19. The van der Waals surface area contributed by atoms with Crippen LogP contribution < -0.4 is 21.7 Å². The highest BCUT2D eigenvalue weighted by molar-refractivity contribution is 6.10. The van der Waals surface area contributed by atoms with Crippen molar-refractivity contribution >= 4 is 40.3 Å². The highest BCUT2D eigenvalue weighted by Gasteiger charge is 2.15. The van der Waals surface area contributed by atoms with E-state index < -0.39 is 0 Å². The van der Waals surface area contributed by atoms with Crippen LogP contribution in [0.1, 0.15) is 10.4 Å². The number of anilines is 4. The Kier molecular flexibility index (Phi) is 4.77. The molecule has 4 rings (SSSR count). The minimum absolute atomic E-state index is 0.221. The van der Waals surface area contributed by atoms with Crippen LogP contribution in [0.2, 0.25) is 0 Å². The number of carbonyl (C=O) groups excluding carboxylic acids is 2. The van der Waals surface area contributed by atoms with E-state index in [0.717, 1.165) is 0 Å². The Bertz CT molecular complexity index is 1170. The number of nitrogens with one attached hydrogen (secondary N) is 3. The van der Waals surface area contributed by atoms with Crippen molar-refractivity contribution in [1.29, 1.82) is 0 Å². The van der Waals surface area contributed by atoms with Gasteiger partial charge in [-0.1, -0.05) is 18.2 Å². The lowest BCUT2D eigenvalue weighted by molar-refractivity contribution is 0.102. The maximum Gasteiger partial charge on any atom is 0.323 e. The van der Waals surface area contributed by atoms with Crippen LogP contribution in [0.3, 0.4) is 0 Å². The number of hydrogen-bond acceptors (Lipinski definition) is 5. The zero-order valence-corrected chi connectivity index (χ0v) is 15.2. The summed E-state index contributed by atoms with van der Waals surface area (Å²) in [4.78, 5) is 28.5. The van der Waals surface area contributed by atoms with Gasteiger partial charge in [0.05, 0.1) is 5.56 Å². The fourth-order valence-electron chi connectivity index (χ4n) is 2.81. The number of benzene rings is 2. The van der Waals surface area contributed by atoms with Gasteiger partial charge in [0.1, 0.15) is 11.8 Å². The lowest BCUT2D eigenvalue weighted by atomic mass is 10.2. The second-order valence-corrected chi connectivity index (χ2v) is 6.14. The minimum atomic E-state index is -0.358. The molecular formula is C20H17N7O2. The van der Waals surface area contributed by atoms with Gasteiger partial charge >= 0.3 is 6.03 Å². The Hall–Kier alpha value is -4.40. The van der Waals surface area contributed by atoms with Gasteiger partial charge in [-0.25, -0.2) is 14.3 Å². The van der Waals surface area contributed by atoms with E-state index >= 15 is 0 Å². The summed E-state index contributed by atoms with van der Waals surface area (Å²) in [6.07, 6.45) is 2.96. The van der Waals surface area contributed by atoms with Gasteiger partial charge in [-0.3, -0.25) is 4.79 Å². The van der Waals surface area contributed by atoms with Crippen LogP contribution in [0, 0.1) is 0 Å². The number of para-hydroxylation sites is 1. The van der Waals surface area contributed by atoms with Crippen molar-refractivity contribution in [3.63, 3.8) is 0 Å². The number of hydrogen-bond donors (Lipinski definition) is 4. The third kappa shape index (κ3) is 3.98. The summed E-state index contributed by atoms with van der Waals surface area (Å²) < 4.78 is 1.50. The summed E-state index contributed by atoms with van der Waals surface area (Å²) in [6.45, 7) is 0. The Labute approximate surface area is 165 Å². The van der Waals surface area contributed by atoms with E-state index in [1.165, 1.54) is 10.8 Å². The zero-order valence-electron chi connectivity index (χ0n) is 15.2. The number of nitrogens with two attached hydrogens (primary N) is 1. The number of carbonyl (C=O) groups is 2. The SMILES string of the molecule is Nc1ncnn2ccc(C(=O)Nc3ccc(NC(=O)Nc4ccccc4)cc3)c12. The summed E-state index contributed by atoms with van der Waals surface area (Å²) in [6, 6.07) is 17.1. The van der Waals surface area contributed by atoms with E-state index in [2.05, 4.69) is 26.0 Å². The van der Waals surface area contributed by atoms with Gasteiger partial charge in [0, 0.05) is 23.3 Å². The highest BCUT2D eigenvalue weighted by Crippen LogP contribution is 2.19. The first-order valence-corrected chi connectivity index (χ1v) is 8.72. The smallest absolute Gasteiger partial charge is 0.323 e. The van der Waals surface area contributed by atoms with Crippen molar-refractivity contribution in [2.75, 3.05) is 21.7 Å². The molecule has 0 fully saturated rings. The van der Waals surface area contributed by atoms with Crippen molar-refractivity contribution in [3.05, 3.63) is 78.8 Å². The first kappa shape index (κ1) is 18.0. The summed E-state index contributed by atoms with van der Waals surface area (Å²) in [5.41, 5.74) is 8.52. The average Bonchev–Trinajstić information content (AvgIpc) is 3.16. The van der Waals surface area contributed by atoms with Gasteiger partial charge < -0.3 is 21.7 Å². The van der Waals surface area contributed by atoms with E-state index in [-0.39, 0.29) is 17.8 Å². The molecule has 5 N–H and O–H groups in total. The second kappa shape index (κ2) is 7.69. The topological polar surface area (TPSA) is 126 Å². The average molecular weight is 387 g/mol. The molecule has 0 atom stereocenters. The molecular weight excluding hydrogens is 370 g/mol. The standard InChI is InChI=1S/C20H17N7O2/c21-18-17-16(10-11-27(17)23-12-22-18)19(28)24-14-6-8-15(9-7-14)26-20(29)25-13-4-2-1-3-5-13/h1-12H,(H,24,28)(H2,21,22,23)(H2,25,26,29). The summed E-state index contributed by atoms with van der Waals surface area (Å²) in [5, 5.41) is 12.3. The zero-order chi connectivity index (χ0) is 20.2. The van der Waals surface area contributed by atoms with Crippen LogP contribution in [0.5, 0.6) is 0 Å². The maximum atomic E-state index is 12.6. The molecule has 0 aliphatic carbocycles. The Balaban J connectivity index is 1.41. The largest absolute Gasteiger partial charge is 0.382 e. The summed E-state index contributed by atoms with van der Waals surface area (Å²) >= 11 is 0. The second-order valence-electron chi connectivity index (χ2n) is 6.14. The van der Waals surface area contributed by atoms with Crippen LogP contribution in [0.25, 0.3) is 5.52 Å². The van der Waals surface area contributed by atoms with Crippen LogP contribution >= 0.6 is 0 Å². The first-order valence-electron chi connectivity index (χ1n) is 8.72. The number of urea groups is 1. The van der Waals surface area contributed by atoms with E-state index in [1.54, 1.807) is 48.7 Å². The van der Waals surface area contributed by atoms with Gasteiger partial charge in [0.15, 0.2) is 5.82 Å². The molecule has 29 heavy (non-hydrogen) atoms. The molecule has 0 radical (unpaired) electrons. The number of rotatable bonds is 4. The fraction of sp³-hybridized carbons (Fsp3) is 0. The molecule has 0 unspecified atom stereocenters. The van der Waals surface area contributed by atoms with Gasteiger partial charge in [-0.05, 0) is 42.5 Å². The predicted octanol–water partition coefficient (Wildman–Crippen LogP) is 3.21. The minimum Gasteiger partial charge on any atom is -0.382 e. The molecule has 0 saturated carbocycles. The number of amides is 3. The van der Waals surface area contributed by atoms with Crippen molar-refractivity contribution < 1.29 is 9.59 Å². The van der Waals surface area contributed by atoms with Crippen LogP contribution in [0.15, 0.2) is 73.2 Å². The van der Waals surface area contributed by atoms with Gasteiger partial charge in [-0.15, -0.1) is 0 Å². The van der Waals surface area contributed by atoms with Crippen LogP contribution in [-0.4, -0.2) is 26.5 Å². The van der Waals surface area contributed by atoms with Crippen molar-refractivity contribution in [1.82, 2.24) is 14.6 Å². The van der Waals surface area contributed by atoms with Crippen molar-refractivity contribution in [3.8, 4) is 0 Å². The van der Waals surface area contributed by atoms with Crippen molar-refractivity contribution in [2.45, 2.75) is 0 Å². The lowest BCUT2D eigenvalue weighted by Gasteiger charge is -2.09. The summed E-state index contributed by atoms with van der Waals surface area (Å²) in [7, 11) is 0. The Morgan fingerprint density at radius 1 is 0.828 bits per heavy atom. The highest BCUT2D eigenvalue weighted by atomic mass is 16.2. The molecule has 9 nitrogen and oxygen atoms in total. The molecule has 0 saturated heterocycles. The molecule has 3 amide bonds. The predicted molar refractivity (Wildman–Crippen MR) is 111 cm³/mol. The monoisotopic (exact) mass is 387 g/mol. The number of fused-ring (bicyclic) bond motifs is 1. The maximum absolute atomic E-state index is 12.6. The quantitative estimate of drug-likeness (QED) is 0.428. The van der Waals surface area contributed by atoms with Gasteiger partial charge in [-0.2, -0.15) is 5.10 Å².